The lowest BCUT2D eigenvalue weighted by Crippen LogP contribution is -2.39. The second-order valence-electron chi connectivity index (χ2n) is 6.34. The molecule has 1 aliphatic rings. The van der Waals surface area contributed by atoms with Crippen LogP contribution in [0.4, 0.5) is 0 Å². The predicted octanol–water partition coefficient (Wildman–Crippen LogP) is 3.16. The van der Waals surface area contributed by atoms with E-state index in [9.17, 15) is 4.79 Å². The second-order valence-corrected chi connectivity index (χ2v) is 6.34. The topological polar surface area (TPSA) is 66.3 Å². The molecule has 126 valence electrons. The zero-order valence-corrected chi connectivity index (χ0v) is 13.8. The number of benzene rings is 1. The van der Waals surface area contributed by atoms with Crippen LogP contribution >= 0.6 is 0 Å². The van der Waals surface area contributed by atoms with Gasteiger partial charge in [0.2, 0.25) is 0 Å². The fraction of sp³-hybridized carbons (Fsp3) is 0.421. The van der Waals surface area contributed by atoms with Crippen molar-refractivity contribution in [2.24, 2.45) is 0 Å². The van der Waals surface area contributed by atoms with Crippen molar-refractivity contribution in [3.8, 4) is 0 Å². The molecule has 2 aromatic rings. The van der Waals surface area contributed by atoms with Crippen LogP contribution in [0.2, 0.25) is 0 Å². The Hall–Kier alpha value is -2.27. The molecule has 24 heavy (non-hydrogen) atoms. The highest BCUT2D eigenvalue weighted by Crippen LogP contribution is 2.23. The molecule has 1 aromatic carbocycles. The number of rotatable bonds is 6. The van der Waals surface area contributed by atoms with Crippen molar-refractivity contribution in [1.82, 2.24) is 14.9 Å². The summed E-state index contributed by atoms with van der Waals surface area (Å²) in [5, 5.41) is 8.90. The summed E-state index contributed by atoms with van der Waals surface area (Å²) in [4.78, 5) is 21.6. The average Bonchev–Trinajstić information content (AvgIpc) is 2.62. The normalized spacial score (nSPS) is 18.4. The molecule has 1 unspecified atom stereocenters. The van der Waals surface area contributed by atoms with Crippen molar-refractivity contribution >= 4 is 5.97 Å². The molecule has 5 heteroatoms. The van der Waals surface area contributed by atoms with Crippen molar-refractivity contribution in [2.75, 3.05) is 6.54 Å². The van der Waals surface area contributed by atoms with Crippen LogP contribution in [-0.2, 0) is 13.0 Å². The van der Waals surface area contributed by atoms with Gasteiger partial charge in [0.15, 0.2) is 5.69 Å². The quantitative estimate of drug-likeness (QED) is 0.883. The molecule has 0 amide bonds. The van der Waals surface area contributed by atoms with Gasteiger partial charge < -0.3 is 5.11 Å². The summed E-state index contributed by atoms with van der Waals surface area (Å²) in [5.41, 5.74) is 2.22. The van der Waals surface area contributed by atoms with E-state index < -0.39 is 5.97 Å². The monoisotopic (exact) mass is 325 g/mol. The van der Waals surface area contributed by atoms with Crippen LogP contribution < -0.4 is 0 Å². The Labute approximate surface area is 142 Å². The summed E-state index contributed by atoms with van der Waals surface area (Å²) in [5.74, 6) is -1.03. The third-order valence-electron chi connectivity index (χ3n) is 4.65. The van der Waals surface area contributed by atoms with E-state index in [2.05, 4.69) is 45.2 Å². The molecule has 2 heterocycles. The van der Waals surface area contributed by atoms with Crippen molar-refractivity contribution < 1.29 is 9.90 Å². The summed E-state index contributed by atoms with van der Waals surface area (Å²) >= 11 is 0. The van der Waals surface area contributed by atoms with E-state index in [-0.39, 0.29) is 5.69 Å². The number of hydrogen-bond donors (Lipinski definition) is 1. The summed E-state index contributed by atoms with van der Waals surface area (Å²) in [6, 6.07) is 11.2. The van der Waals surface area contributed by atoms with E-state index in [4.69, 9.17) is 5.11 Å². The highest BCUT2D eigenvalue weighted by molar-refractivity contribution is 5.84. The lowest BCUT2D eigenvalue weighted by molar-refractivity contribution is 0.0689. The zero-order valence-electron chi connectivity index (χ0n) is 13.8. The highest BCUT2D eigenvalue weighted by Gasteiger charge is 2.22. The maximum atomic E-state index is 10.9. The molecule has 1 atom stereocenters. The van der Waals surface area contributed by atoms with Gasteiger partial charge in [-0.2, -0.15) is 0 Å². The first-order chi connectivity index (χ1) is 11.7. The Morgan fingerprint density at radius 2 is 2.00 bits per heavy atom. The van der Waals surface area contributed by atoms with Crippen LogP contribution in [0.1, 0.15) is 47.4 Å². The summed E-state index contributed by atoms with van der Waals surface area (Å²) in [6.07, 6.45) is 8.87. The summed E-state index contributed by atoms with van der Waals surface area (Å²) in [7, 11) is 0. The Morgan fingerprint density at radius 3 is 2.71 bits per heavy atom. The van der Waals surface area contributed by atoms with Crippen molar-refractivity contribution in [3.63, 3.8) is 0 Å². The third-order valence-corrected chi connectivity index (χ3v) is 4.65. The van der Waals surface area contributed by atoms with Gasteiger partial charge in [-0.3, -0.25) is 9.88 Å². The number of carbonyl (C=O) groups is 1. The van der Waals surface area contributed by atoms with Crippen LogP contribution in [0.5, 0.6) is 0 Å². The number of carboxylic acids is 1. The van der Waals surface area contributed by atoms with E-state index in [1.54, 1.807) is 6.20 Å². The molecule has 1 aromatic heterocycles. The van der Waals surface area contributed by atoms with Crippen LogP contribution in [0.3, 0.4) is 0 Å². The molecule has 1 fully saturated rings. The third kappa shape index (κ3) is 4.38. The number of likely N-dealkylation sites (tertiary alicyclic amines) is 1. The Kier molecular flexibility index (Phi) is 5.54. The minimum Gasteiger partial charge on any atom is -0.476 e. The number of carboxylic acid groups (broad SMARTS) is 1. The summed E-state index contributed by atoms with van der Waals surface area (Å²) in [6.45, 7) is 1.81. The molecule has 5 nitrogen and oxygen atoms in total. The van der Waals surface area contributed by atoms with E-state index in [1.807, 2.05) is 0 Å². The van der Waals surface area contributed by atoms with Gasteiger partial charge in [-0.25, -0.2) is 9.78 Å². The van der Waals surface area contributed by atoms with Crippen molar-refractivity contribution in [2.45, 2.75) is 44.7 Å². The Bertz CT molecular complexity index is 658. The first-order valence-electron chi connectivity index (χ1n) is 8.54. The molecule has 1 N–H and O–H groups in total. The molecule has 3 rings (SSSR count). The molecule has 0 saturated carbocycles. The minimum absolute atomic E-state index is 0.00183. The number of aromatic nitrogens is 2. The summed E-state index contributed by atoms with van der Waals surface area (Å²) < 4.78 is 0. The van der Waals surface area contributed by atoms with Crippen LogP contribution in [-0.4, -0.2) is 38.5 Å². The molecular weight excluding hydrogens is 302 g/mol. The van der Waals surface area contributed by atoms with Gasteiger partial charge >= 0.3 is 5.97 Å². The van der Waals surface area contributed by atoms with Crippen molar-refractivity contribution in [1.29, 1.82) is 0 Å². The largest absolute Gasteiger partial charge is 0.476 e. The van der Waals surface area contributed by atoms with Crippen LogP contribution in [0, 0.1) is 0 Å². The average molecular weight is 325 g/mol. The van der Waals surface area contributed by atoms with Gasteiger partial charge in [-0.05, 0) is 37.8 Å². The van der Waals surface area contributed by atoms with E-state index in [1.165, 1.54) is 31.0 Å². The van der Waals surface area contributed by atoms with E-state index in [0.717, 1.165) is 31.6 Å². The smallest absolute Gasteiger partial charge is 0.356 e. The fourth-order valence-corrected chi connectivity index (χ4v) is 3.33. The molecule has 0 radical (unpaired) electrons. The number of aryl methyl sites for hydroxylation is 1. The lowest BCUT2D eigenvalue weighted by atomic mass is 9.95. The zero-order chi connectivity index (χ0) is 16.8. The van der Waals surface area contributed by atoms with Gasteiger partial charge in [0.25, 0.3) is 0 Å². The molecule has 1 aliphatic heterocycles. The number of nitrogens with zero attached hydrogens (tertiary/aromatic N) is 3. The maximum absolute atomic E-state index is 10.9. The fourth-order valence-electron chi connectivity index (χ4n) is 3.33. The molecular formula is C19H23N3O2. The van der Waals surface area contributed by atoms with Gasteiger partial charge in [-0.1, -0.05) is 36.8 Å². The number of piperidine rings is 1. The molecule has 0 bridgehead atoms. The standard InChI is InChI=1S/C19H23N3O2/c23-19(24)18-13-20-16(12-21-18)14-22-11-5-4-8-17(22)10-9-15-6-2-1-3-7-15/h1-3,6-7,12-13,17H,4-5,8-11,14H2,(H,23,24). The van der Waals surface area contributed by atoms with Gasteiger partial charge in [0, 0.05) is 12.6 Å². The molecule has 1 saturated heterocycles. The predicted molar refractivity (Wildman–Crippen MR) is 91.8 cm³/mol. The Morgan fingerprint density at radius 1 is 1.17 bits per heavy atom. The van der Waals surface area contributed by atoms with Crippen molar-refractivity contribution in [3.05, 3.63) is 59.7 Å². The molecule has 0 aliphatic carbocycles. The number of aromatic carboxylic acids is 1. The van der Waals surface area contributed by atoms with E-state index in [0.29, 0.717) is 6.04 Å². The van der Waals surface area contributed by atoms with Gasteiger partial charge in [0.1, 0.15) is 0 Å². The minimum atomic E-state index is -1.03. The number of hydrogen-bond acceptors (Lipinski definition) is 4. The highest BCUT2D eigenvalue weighted by atomic mass is 16.4. The second kappa shape index (κ2) is 8.02. The van der Waals surface area contributed by atoms with Gasteiger partial charge in [-0.15, -0.1) is 0 Å². The first-order valence-corrected chi connectivity index (χ1v) is 8.54. The van der Waals surface area contributed by atoms with E-state index >= 15 is 0 Å². The lowest BCUT2D eigenvalue weighted by Gasteiger charge is -2.35. The first kappa shape index (κ1) is 16.6. The van der Waals surface area contributed by atoms with Crippen LogP contribution in [0.15, 0.2) is 42.7 Å². The Balaban J connectivity index is 1.60. The maximum Gasteiger partial charge on any atom is 0.356 e. The SMILES string of the molecule is O=C(O)c1cnc(CN2CCCCC2CCc2ccccc2)cn1. The van der Waals surface area contributed by atoms with Gasteiger partial charge in [0.05, 0.1) is 18.1 Å². The molecule has 0 spiro atoms. The van der Waals surface area contributed by atoms with Crippen LogP contribution in [0.25, 0.3) is 0 Å².